The highest BCUT2D eigenvalue weighted by Gasteiger charge is 2.26. The molecule has 0 saturated carbocycles. The first-order chi connectivity index (χ1) is 9.36. The van der Waals surface area contributed by atoms with E-state index in [0.717, 1.165) is 0 Å². The number of fused-ring (bicyclic) bond motifs is 1. The second kappa shape index (κ2) is 4.86. The number of hydrogen-bond acceptors (Lipinski definition) is 3. The van der Waals surface area contributed by atoms with E-state index in [2.05, 4.69) is 15.0 Å². The van der Waals surface area contributed by atoms with Gasteiger partial charge in [0.1, 0.15) is 5.82 Å². The van der Waals surface area contributed by atoms with Crippen molar-refractivity contribution in [1.29, 1.82) is 0 Å². The topological polar surface area (TPSA) is 104 Å². The fraction of sp³-hybridized carbons (Fsp3) is 0.385. The number of benzene rings is 1. The number of hydrogen-bond donors (Lipinski definition) is 1. The molecule has 0 radical (unpaired) electrons. The zero-order chi connectivity index (χ0) is 14.9. The molecule has 104 valence electrons. The van der Waals surface area contributed by atoms with E-state index in [1.165, 1.54) is 4.57 Å². The molecule has 2 rings (SSSR count). The Balaban J connectivity index is 2.79. The maximum Gasteiger partial charge on any atom is 0.417 e. The van der Waals surface area contributed by atoms with Crippen molar-refractivity contribution in [3.8, 4) is 0 Å². The summed E-state index contributed by atoms with van der Waals surface area (Å²) >= 11 is 0. The van der Waals surface area contributed by atoms with Crippen LogP contribution >= 0.6 is 0 Å². The molecule has 0 aliphatic carbocycles. The average molecular weight is 273 g/mol. The van der Waals surface area contributed by atoms with Gasteiger partial charge in [0.2, 0.25) is 0 Å². The standard InChI is InChI=1S/C13H15N5O2/c1-13(2,3)11-16-10-8(7-15-17-14)5-4-6-9(10)18(11)12(19)20/h4-6H,7H2,1-3H3,(H,19,20). The predicted molar refractivity (Wildman–Crippen MR) is 74.7 cm³/mol. The van der Waals surface area contributed by atoms with Gasteiger partial charge in [-0.15, -0.1) is 0 Å². The van der Waals surface area contributed by atoms with Crippen LogP contribution in [-0.4, -0.2) is 20.8 Å². The highest BCUT2D eigenvalue weighted by Crippen LogP contribution is 2.28. The number of para-hydroxylation sites is 1. The van der Waals surface area contributed by atoms with Crippen LogP contribution in [0.3, 0.4) is 0 Å². The first-order valence-electron chi connectivity index (χ1n) is 6.11. The van der Waals surface area contributed by atoms with Gasteiger partial charge in [-0.3, -0.25) is 0 Å². The van der Waals surface area contributed by atoms with Crippen LogP contribution in [0, 0.1) is 0 Å². The number of imidazole rings is 1. The Labute approximate surface area is 115 Å². The third kappa shape index (κ3) is 2.31. The Bertz CT molecular complexity index is 720. The van der Waals surface area contributed by atoms with Gasteiger partial charge in [-0.05, 0) is 17.2 Å². The van der Waals surface area contributed by atoms with E-state index in [0.29, 0.717) is 22.4 Å². The zero-order valence-corrected chi connectivity index (χ0v) is 11.5. The van der Waals surface area contributed by atoms with Gasteiger partial charge in [-0.1, -0.05) is 38.0 Å². The summed E-state index contributed by atoms with van der Waals surface area (Å²) in [6.45, 7) is 5.86. The van der Waals surface area contributed by atoms with Crippen molar-refractivity contribution < 1.29 is 9.90 Å². The summed E-state index contributed by atoms with van der Waals surface area (Å²) in [5.74, 6) is 0.466. The summed E-state index contributed by atoms with van der Waals surface area (Å²) in [4.78, 5) is 18.7. The van der Waals surface area contributed by atoms with Gasteiger partial charge in [0.05, 0.1) is 17.6 Å². The Morgan fingerprint density at radius 2 is 2.20 bits per heavy atom. The van der Waals surface area contributed by atoms with Gasteiger partial charge >= 0.3 is 6.09 Å². The van der Waals surface area contributed by atoms with E-state index in [-0.39, 0.29) is 6.54 Å². The van der Waals surface area contributed by atoms with E-state index >= 15 is 0 Å². The lowest BCUT2D eigenvalue weighted by atomic mass is 9.96. The number of nitrogens with zero attached hydrogens (tertiary/aromatic N) is 5. The third-order valence-corrected chi connectivity index (χ3v) is 2.94. The van der Waals surface area contributed by atoms with Crippen molar-refractivity contribution in [2.24, 2.45) is 5.11 Å². The minimum atomic E-state index is -1.07. The molecule has 1 heterocycles. The molecular weight excluding hydrogens is 258 g/mol. The van der Waals surface area contributed by atoms with Gasteiger partial charge < -0.3 is 5.11 Å². The summed E-state index contributed by atoms with van der Waals surface area (Å²) in [7, 11) is 0. The lowest BCUT2D eigenvalue weighted by molar-refractivity contribution is 0.195. The molecule has 7 heteroatoms. The lowest BCUT2D eigenvalue weighted by Gasteiger charge is -2.17. The molecule has 0 aliphatic heterocycles. The monoisotopic (exact) mass is 273 g/mol. The smallest absolute Gasteiger partial charge is 0.417 e. The van der Waals surface area contributed by atoms with Crippen LogP contribution in [0.5, 0.6) is 0 Å². The van der Waals surface area contributed by atoms with Crippen LogP contribution in [0.25, 0.3) is 21.5 Å². The van der Waals surface area contributed by atoms with Crippen molar-refractivity contribution >= 4 is 17.1 Å². The summed E-state index contributed by atoms with van der Waals surface area (Å²) in [6.07, 6.45) is -1.07. The minimum absolute atomic E-state index is 0.147. The Morgan fingerprint density at radius 3 is 2.75 bits per heavy atom. The van der Waals surface area contributed by atoms with Gasteiger partial charge in [0, 0.05) is 10.3 Å². The molecule has 7 nitrogen and oxygen atoms in total. The van der Waals surface area contributed by atoms with E-state index in [1.807, 2.05) is 20.8 Å². The van der Waals surface area contributed by atoms with E-state index in [9.17, 15) is 9.90 Å². The van der Waals surface area contributed by atoms with Gasteiger partial charge in [0.25, 0.3) is 0 Å². The number of carboxylic acid groups (broad SMARTS) is 1. The SMILES string of the molecule is CC(C)(C)c1nc2c(CN=[N+]=[N-])cccc2n1C(=O)O. The van der Waals surface area contributed by atoms with Gasteiger partial charge in [0.15, 0.2) is 0 Å². The quantitative estimate of drug-likeness (QED) is 0.512. The van der Waals surface area contributed by atoms with Crippen molar-refractivity contribution in [3.63, 3.8) is 0 Å². The number of aromatic nitrogens is 2. The molecule has 0 amide bonds. The van der Waals surface area contributed by atoms with Gasteiger partial charge in [-0.2, -0.15) is 0 Å². The number of carbonyl (C=O) groups is 1. The van der Waals surface area contributed by atoms with Crippen LogP contribution in [0.1, 0.15) is 32.2 Å². The second-order valence-electron chi connectivity index (χ2n) is 5.48. The molecule has 0 atom stereocenters. The zero-order valence-electron chi connectivity index (χ0n) is 11.5. The lowest BCUT2D eigenvalue weighted by Crippen LogP contribution is -2.22. The Hall–Kier alpha value is -2.53. The largest absolute Gasteiger partial charge is 0.464 e. The van der Waals surface area contributed by atoms with Crippen molar-refractivity contribution in [3.05, 3.63) is 40.0 Å². The third-order valence-electron chi connectivity index (χ3n) is 2.94. The minimum Gasteiger partial charge on any atom is -0.464 e. The summed E-state index contributed by atoms with van der Waals surface area (Å²) in [5, 5.41) is 12.9. The van der Waals surface area contributed by atoms with Gasteiger partial charge in [-0.25, -0.2) is 14.3 Å². The highest BCUT2D eigenvalue weighted by atomic mass is 16.4. The van der Waals surface area contributed by atoms with Crippen molar-refractivity contribution in [2.75, 3.05) is 0 Å². The molecule has 1 N–H and O–H groups in total. The van der Waals surface area contributed by atoms with Crippen LogP contribution in [0.2, 0.25) is 0 Å². The molecule has 0 unspecified atom stereocenters. The first kappa shape index (κ1) is 13.9. The van der Waals surface area contributed by atoms with E-state index in [4.69, 9.17) is 5.53 Å². The fourth-order valence-electron chi connectivity index (χ4n) is 2.09. The molecule has 1 aromatic heterocycles. The Morgan fingerprint density at radius 1 is 1.50 bits per heavy atom. The normalized spacial score (nSPS) is 11.3. The molecule has 0 fully saturated rings. The molecule has 0 spiro atoms. The molecule has 2 aromatic rings. The number of azide groups is 1. The average Bonchev–Trinajstić information content (AvgIpc) is 2.76. The maximum atomic E-state index is 11.5. The molecule has 0 aliphatic rings. The van der Waals surface area contributed by atoms with Crippen LogP contribution in [-0.2, 0) is 12.0 Å². The van der Waals surface area contributed by atoms with E-state index in [1.54, 1.807) is 18.2 Å². The second-order valence-corrected chi connectivity index (χ2v) is 5.48. The van der Waals surface area contributed by atoms with Crippen LogP contribution < -0.4 is 0 Å². The molecule has 1 aromatic carbocycles. The van der Waals surface area contributed by atoms with Crippen LogP contribution in [0.4, 0.5) is 4.79 Å². The molecular formula is C13H15N5O2. The van der Waals surface area contributed by atoms with Crippen molar-refractivity contribution in [2.45, 2.75) is 32.7 Å². The summed E-state index contributed by atoms with van der Waals surface area (Å²) in [5.41, 5.74) is 9.79. The molecule has 0 bridgehead atoms. The van der Waals surface area contributed by atoms with E-state index < -0.39 is 11.5 Å². The van der Waals surface area contributed by atoms with Crippen LogP contribution in [0.15, 0.2) is 23.3 Å². The first-order valence-corrected chi connectivity index (χ1v) is 6.11. The fourth-order valence-corrected chi connectivity index (χ4v) is 2.09. The molecule has 20 heavy (non-hydrogen) atoms. The molecule has 0 saturated heterocycles. The number of rotatable bonds is 2. The maximum absolute atomic E-state index is 11.5. The predicted octanol–water partition coefficient (Wildman–Crippen LogP) is 3.67. The summed E-state index contributed by atoms with van der Waals surface area (Å²) < 4.78 is 1.19. The summed E-state index contributed by atoms with van der Waals surface area (Å²) in [6, 6.07) is 5.21. The highest BCUT2D eigenvalue weighted by molar-refractivity contribution is 5.88. The Kier molecular flexibility index (Phi) is 3.38. The van der Waals surface area contributed by atoms with Crippen molar-refractivity contribution in [1.82, 2.24) is 9.55 Å².